The molecule has 4 nitrogen and oxygen atoms in total. The minimum Gasteiger partial charge on any atom is -0.352 e. The molecule has 1 aliphatic heterocycles. The summed E-state index contributed by atoms with van der Waals surface area (Å²) in [5.41, 5.74) is 3.26. The molecule has 0 spiro atoms. The standard InChI is InChI=1S/C22H29FN4.HI/c1-24-22(26-16-19-10-5-6-12-21(19)23)25-15-18-9-3-4-11-20(18)17-27-13-7-2-8-14-27;/h3-6,9-12H,2,7-8,13-17H2,1H3,(H2,24,25,26);1H. The number of guanidine groups is 1. The van der Waals surface area contributed by atoms with Gasteiger partial charge in [-0.1, -0.05) is 48.9 Å². The Hall–Kier alpha value is -1.67. The predicted molar refractivity (Wildman–Crippen MR) is 124 cm³/mol. The highest BCUT2D eigenvalue weighted by Gasteiger charge is 2.12. The molecule has 2 aromatic carbocycles. The molecular weight excluding hydrogens is 466 g/mol. The summed E-state index contributed by atoms with van der Waals surface area (Å²) in [6.45, 7) is 4.48. The fraction of sp³-hybridized carbons (Fsp3) is 0.409. The van der Waals surface area contributed by atoms with Gasteiger partial charge >= 0.3 is 0 Å². The van der Waals surface area contributed by atoms with Crippen LogP contribution in [0.2, 0.25) is 0 Å². The maximum absolute atomic E-state index is 13.8. The number of nitrogens with one attached hydrogen (secondary N) is 2. The van der Waals surface area contributed by atoms with E-state index < -0.39 is 0 Å². The lowest BCUT2D eigenvalue weighted by molar-refractivity contribution is 0.220. The van der Waals surface area contributed by atoms with Crippen molar-refractivity contribution in [2.24, 2.45) is 4.99 Å². The van der Waals surface area contributed by atoms with Gasteiger partial charge in [0.05, 0.1) is 0 Å². The number of halogens is 2. The summed E-state index contributed by atoms with van der Waals surface area (Å²) < 4.78 is 13.8. The molecule has 2 N–H and O–H groups in total. The first-order valence-electron chi connectivity index (χ1n) is 9.73. The van der Waals surface area contributed by atoms with E-state index in [1.165, 1.54) is 49.5 Å². The minimum atomic E-state index is -0.202. The second-order valence-corrected chi connectivity index (χ2v) is 6.98. The van der Waals surface area contributed by atoms with Crippen molar-refractivity contribution in [3.05, 3.63) is 71.0 Å². The Kier molecular flexibility index (Phi) is 9.70. The first-order chi connectivity index (χ1) is 13.3. The Morgan fingerprint density at radius 3 is 2.11 bits per heavy atom. The van der Waals surface area contributed by atoms with Crippen molar-refractivity contribution in [3.63, 3.8) is 0 Å². The van der Waals surface area contributed by atoms with Gasteiger partial charge in [-0.15, -0.1) is 24.0 Å². The molecule has 0 aliphatic carbocycles. The zero-order valence-electron chi connectivity index (χ0n) is 16.5. The van der Waals surface area contributed by atoms with Crippen molar-refractivity contribution < 1.29 is 4.39 Å². The number of nitrogens with zero attached hydrogens (tertiary/aromatic N) is 2. The maximum atomic E-state index is 13.8. The Morgan fingerprint density at radius 1 is 0.893 bits per heavy atom. The van der Waals surface area contributed by atoms with E-state index in [1.54, 1.807) is 19.2 Å². The van der Waals surface area contributed by atoms with Crippen LogP contribution in [0.3, 0.4) is 0 Å². The van der Waals surface area contributed by atoms with Crippen LogP contribution in [-0.2, 0) is 19.6 Å². The lowest BCUT2D eigenvalue weighted by Crippen LogP contribution is -2.37. The molecule has 0 aromatic heterocycles. The molecule has 0 unspecified atom stereocenters. The molecular formula is C22H30FIN4. The summed E-state index contributed by atoms with van der Waals surface area (Å²) in [6, 6.07) is 15.4. The molecule has 1 saturated heterocycles. The smallest absolute Gasteiger partial charge is 0.191 e. The quantitative estimate of drug-likeness (QED) is 0.356. The molecule has 0 radical (unpaired) electrons. The molecule has 3 rings (SSSR count). The van der Waals surface area contributed by atoms with Crippen molar-refractivity contribution in [3.8, 4) is 0 Å². The summed E-state index contributed by atoms with van der Waals surface area (Å²) in [5, 5.41) is 6.54. The van der Waals surface area contributed by atoms with Gasteiger partial charge in [0.1, 0.15) is 5.82 Å². The minimum absolute atomic E-state index is 0. The largest absolute Gasteiger partial charge is 0.352 e. The number of piperidine rings is 1. The van der Waals surface area contributed by atoms with Gasteiger partial charge in [0, 0.05) is 32.2 Å². The van der Waals surface area contributed by atoms with E-state index in [-0.39, 0.29) is 29.8 Å². The summed E-state index contributed by atoms with van der Waals surface area (Å²) in [4.78, 5) is 6.79. The maximum Gasteiger partial charge on any atom is 0.191 e. The van der Waals surface area contributed by atoms with Crippen molar-refractivity contribution in [1.82, 2.24) is 15.5 Å². The van der Waals surface area contributed by atoms with Gasteiger partial charge in [0.2, 0.25) is 0 Å². The van der Waals surface area contributed by atoms with Gasteiger partial charge in [-0.05, 0) is 43.1 Å². The molecule has 6 heteroatoms. The van der Waals surface area contributed by atoms with E-state index in [9.17, 15) is 4.39 Å². The van der Waals surface area contributed by atoms with Gasteiger partial charge in [-0.3, -0.25) is 9.89 Å². The highest BCUT2D eigenvalue weighted by molar-refractivity contribution is 14.0. The van der Waals surface area contributed by atoms with Gasteiger partial charge in [-0.2, -0.15) is 0 Å². The number of rotatable bonds is 6. The zero-order valence-corrected chi connectivity index (χ0v) is 18.8. The number of hydrogen-bond acceptors (Lipinski definition) is 2. The lowest BCUT2D eigenvalue weighted by Gasteiger charge is -2.27. The van der Waals surface area contributed by atoms with Gasteiger partial charge in [0.25, 0.3) is 0 Å². The monoisotopic (exact) mass is 496 g/mol. The Morgan fingerprint density at radius 2 is 1.46 bits per heavy atom. The van der Waals surface area contributed by atoms with E-state index in [1.807, 2.05) is 6.07 Å². The number of aliphatic imine (C=N–C) groups is 1. The third kappa shape index (κ3) is 6.74. The second-order valence-electron chi connectivity index (χ2n) is 6.98. The zero-order chi connectivity index (χ0) is 18.9. The Labute approximate surface area is 184 Å². The summed E-state index contributed by atoms with van der Waals surface area (Å²) in [6.07, 6.45) is 3.95. The van der Waals surface area contributed by atoms with Crippen LogP contribution in [0.5, 0.6) is 0 Å². The summed E-state index contributed by atoms with van der Waals surface area (Å²) >= 11 is 0. The third-order valence-corrected chi connectivity index (χ3v) is 5.04. The fourth-order valence-electron chi connectivity index (χ4n) is 3.46. The fourth-order valence-corrected chi connectivity index (χ4v) is 3.46. The van der Waals surface area contributed by atoms with Crippen LogP contribution in [-0.4, -0.2) is 31.0 Å². The SMILES string of the molecule is CN=C(NCc1ccccc1F)NCc1ccccc1CN1CCCCC1.I. The first-order valence-corrected chi connectivity index (χ1v) is 9.73. The van der Waals surface area contributed by atoms with Gasteiger partial charge < -0.3 is 10.6 Å². The van der Waals surface area contributed by atoms with Crippen LogP contribution in [0.4, 0.5) is 4.39 Å². The molecule has 1 heterocycles. The van der Waals surface area contributed by atoms with Crippen LogP contribution >= 0.6 is 24.0 Å². The molecule has 1 aliphatic rings. The summed E-state index contributed by atoms with van der Waals surface area (Å²) in [7, 11) is 1.73. The molecule has 28 heavy (non-hydrogen) atoms. The molecule has 152 valence electrons. The van der Waals surface area contributed by atoms with Crippen molar-refractivity contribution in [2.75, 3.05) is 20.1 Å². The van der Waals surface area contributed by atoms with Crippen LogP contribution in [0.25, 0.3) is 0 Å². The van der Waals surface area contributed by atoms with Crippen molar-refractivity contribution in [1.29, 1.82) is 0 Å². The van der Waals surface area contributed by atoms with E-state index in [4.69, 9.17) is 0 Å². The molecule has 0 bridgehead atoms. The van der Waals surface area contributed by atoms with E-state index in [2.05, 4.69) is 44.8 Å². The molecule has 1 fully saturated rings. The number of likely N-dealkylation sites (tertiary alicyclic amines) is 1. The van der Waals surface area contributed by atoms with Crippen LogP contribution in [0.15, 0.2) is 53.5 Å². The Bertz CT molecular complexity index is 760. The van der Waals surface area contributed by atoms with E-state index in [0.717, 1.165) is 6.54 Å². The lowest BCUT2D eigenvalue weighted by atomic mass is 10.0. The number of benzene rings is 2. The third-order valence-electron chi connectivity index (χ3n) is 5.04. The van der Waals surface area contributed by atoms with Crippen LogP contribution < -0.4 is 10.6 Å². The van der Waals surface area contributed by atoms with Crippen molar-refractivity contribution in [2.45, 2.75) is 38.9 Å². The van der Waals surface area contributed by atoms with Crippen molar-refractivity contribution >= 4 is 29.9 Å². The topological polar surface area (TPSA) is 39.7 Å². The highest BCUT2D eigenvalue weighted by Crippen LogP contribution is 2.16. The average Bonchev–Trinajstić information content (AvgIpc) is 2.71. The molecule has 0 amide bonds. The van der Waals surface area contributed by atoms with Crippen LogP contribution in [0.1, 0.15) is 36.0 Å². The highest BCUT2D eigenvalue weighted by atomic mass is 127. The first kappa shape index (κ1) is 22.6. The predicted octanol–water partition coefficient (Wildman–Crippen LogP) is 4.29. The second kappa shape index (κ2) is 12.0. The van der Waals surface area contributed by atoms with Crippen LogP contribution in [0, 0.1) is 5.82 Å². The normalized spacial score (nSPS) is 15.0. The molecule has 0 atom stereocenters. The van der Waals surface area contributed by atoms with Gasteiger partial charge in [-0.25, -0.2) is 4.39 Å². The Balaban J connectivity index is 0.00000280. The average molecular weight is 496 g/mol. The summed E-state index contributed by atoms with van der Waals surface area (Å²) in [5.74, 6) is 0.471. The molecule has 0 saturated carbocycles. The van der Waals surface area contributed by atoms with Gasteiger partial charge in [0.15, 0.2) is 5.96 Å². The number of hydrogen-bond donors (Lipinski definition) is 2. The van der Waals surface area contributed by atoms with E-state index >= 15 is 0 Å². The molecule has 2 aromatic rings. The van der Waals surface area contributed by atoms with E-state index in [0.29, 0.717) is 24.6 Å².